The minimum atomic E-state index is 1.01. The van der Waals surface area contributed by atoms with Gasteiger partial charge in [0, 0.05) is 6.54 Å². The second-order valence-electron chi connectivity index (χ2n) is 3.41. The lowest BCUT2D eigenvalue weighted by atomic mass is 10.1. The van der Waals surface area contributed by atoms with Gasteiger partial charge in [0.1, 0.15) is 0 Å². The molecule has 68 valence electrons. The monoisotopic (exact) mass is 157 g/mol. The highest BCUT2D eigenvalue weighted by Crippen LogP contribution is 2.24. The second kappa shape index (κ2) is 6.66. The molecule has 0 saturated heterocycles. The van der Waals surface area contributed by atoms with Crippen LogP contribution in [0.3, 0.4) is 0 Å². The first-order valence-electron chi connectivity index (χ1n) is 4.94. The highest BCUT2D eigenvalue weighted by molar-refractivity contribution is 4.68. The second-order valence-corrected chi connectivity index (χ2v) is 3.41. The molecule has 0 atom stereocenters. The number of hydrogen-bond donors (Lipinski definition) is 0. The van der Waals surface area contributed by atoms with Crippen LogP contribution in [0.25, 0.3) is 0 Å². The van der Waals surface area contributed by atoms with Gasteiger partial charge in [-0.3, -0.25) is 0 Å². The summed E-state index contributed by atoms with van der Waals surface area (Å²) >= 11 is 0. The van der Waals surface area contributed by atoms with E-state index in [2.05, 4.69) is 19.0 Å². The Bertz CT molecular complexity index is 72.9. The van der Waals surface area contributed by atoms with E-state index in [1.807, 2.05) is 13.8 Å². The summed E-state index contributed by atoms with van der Waals surface area (Å²) < 4.78 is 0. The van der Waals surface area contributed by atoms with Gasteiger partial charge in [-0.05, 0) is 32.9 Å². The Morgan fingerprint density at radius 1 is 1.09 bits per heavy atom. The molecule has 1 aliphatic rings. The van der Waals surface area contributed by atoms with Crippen LogP contribution in [-0.4, -0.2) is 25.5 Å². The summed E-state index contributed by atoms with van der Waals surface area (Å²) in [5, 5.41) is 0. The van der Waals surface area contributed by atoms with E-state index in [0.717, 1.165) is 5.92 Å². The summed E-state index contributed by atoms with van der Waals surface area (Å²) in [5.74, 6) is 1.01. The smallest absolute Gasteiger partial charge is 0.000356 e. The summed E-state index contributed by atoms with van der Waals surface area (Å²) in [6.07, 6.45) is 5.88. The molecule has 1 heteroatoms. The summed E-state index contributed by atoms with van der Waals surface area (Å²) in [7, 11) is 4.33. The molecule has 0 spiro atoms. The van der Waals surface area contributed by atoms with E-state index in [0.29, 0.717) is 0 Å². The molecule has 1 rings (SSSR count). The van der Waals surface area contributed by atoms with Crippen molar-refractivity contribution in [3.8, 4) is 0 Å². The van der Waals surface area contributed by atoms with Gasteiger partial charge in [-0.25, -0.2) is 0 Å². The maximum atomic E-state index is 2.30. The Labute approximate surface area is 71.8 Å². The zero-order chi connectivity index (χ0) is 8.69. The van der Waals surface area contributed by atoms with Crippen molar-refractivity contribution in [2.75, 3.05) is 20.6 Å². The molecule has 1 fully saturated rings. The van der Waals surface area contributed by atoms with E-state index >= 15 is 0 Å². The molecule has 0 bridgehead atoms. The minimum absolute atomic E-state index is 1.01. The first kappa shape index (κ1) is 11.0. The van der Waals surface area contributed by atoms with E-state index in [4.69, 9.17) is 0 Å². The zero-order valence-electron chi connectivity index (χ0n) is 8.56. The number of hydrogen-bond acceptors (Lipinski definition) is 1. The van der Waals surface area contributed by atoms with Crippen LogP contribution in [0, 0.1) is 5.92 Å². The first-order chi connectivity index (χ1) is 5.29. The van der Waals surface area contributed by atoms with Gasteiger partial charge in [0.2, 0.25) is 0 Å². The van der Waals surface area contributed by atoms with Crippen molar-refractivity contribution in [2.45, 2.75) is 39.5 Å². The normalized spacial score (nSPS) is 18.3. The van der Waals surface area contributed by atoms with E-state index < -0.39 is 0 Å². The molecule has 0 radical (unpaired) electrons. The molecule has 0 aromatic heterocycles. The van der Waals surface area contributed by atoms with Crippen LogP contribution in [0.1, 0.15) is 39.5 Å². The molecule has 11 heavy (non-hydrogen) atoms. The fraction of sp³-hybridized carbons (Fsp3) is 1.00. The molecule has 0 amide bonds. The number of rotatable bonds is 2. The maximum Gasteiger partial charge on any atom is 0.000356 e. The third-order valence-electron chi connectivity index (χ3n) is 2.10. The number of nitrogens with zero attached hydrogens (tertiary/aromatic N) is 1. The molecular formula is C10H23N. The molecule has 0 aliphatic heterocycles. The summed E-state index contributed by atoms with van der Waals surface area (Å²) in [5.41, 5.74) is 0. The van der Waals surface area contributed by atoms with Crippen molar-refractivity contribution in [1.29, 1.82) is 0 Å². The lowest BCUT2D eigenvalue weighted by molar-refractivity contribution is 0.328. The van der Waals surface area contributed by atoms with Crippen LogP contribution in [0.5, 0.6) is 0 Å². The minimum Gasteiger partial charge on any atom is -0.309 e. The van der Waals surface area contributed by atoms with E-state index in [9.17, 15) is 0 Å². The van der Waals surface area contributed by atoms with Gasteiger partial charge in [-0.2, -0.15) is 0 Å². The van der Waals surface area contributed by atoms with E-state index in [-0.39, 0.29) is 0 Å². The van der Waals surface area contributed by atoms with Crippen molar-refractivity contribution in [3.63, 3.8) is 0 Å². The molecule has 0 heterocycles. The molecule has 0 aromatic rings. The Morgan fingerprint density at radius 3 is 1.91 bits per heavy atom. The van der Waals surface area contributed by atoms with Crippen molar-refractivity contribution in [3.05, 3.63) is 0 Å². The largest absolute Gasteiger partial charge is 0.309 e. The zero-order valence-corrected chi connectivity index (χ0v) is 8.56. The van der Waals surface area contributed by atoms with Crippen LogP contribution in [0.4, 0.5) is 0 Å². The molecule has 0 aromatic carbocycles. The standard InChI is InChI=1S/C8H17N.C2H6/c1-9(2)7-8-5-3-4-6-8;1-2/h8H,3-7H2,1-2H3;1-2H3. The van der Waals surface area contributed by atoms with Crippen molar-refractivity contribution in [1.82, 2.24) is 4.90 Å². The molecule has 0 unspecified atom stereocenters. The van der Waals surface area contributed by atoms with Gasteiger partial charge in [-0.1, -0.05) is 26.7 Å². The molecule has 0 N–H and O–H groups in total. The van der Waals surface area contributed by atoms with Crippen LogP contribution in [0.2, 0.25) is 0 Å². The van der Waals surface area contributed by atoms with E-state index in [1.54, 1.807) is 0 Å². The van der Waals surface area contributed by atoms with E-state index in [1.165, 1.54) is 32.2 Å². The average Bonchev–Trinajstić information content (AvgIpc) is 2.43. The van der Waals surface area contributed by atoms with Gasteiger partial charge < -0.3 is 4.90 Å². The fourth-order valence-electron chi connectivity index (χ4n) is 1.71. The molecule has 1 nitrogen and oxygen atoms in total. The first-order valence-corrected chi connectivity index (χ1v) is 4.94. The van der Waals surface area contributed by atoms with Crippen LogP contribution < -0.4 is 0 Å². The quantitative estimate of drug-likeness (QED) is 0.596. The fourth-order valence-corrected chi connectivity index (χ4v) is 1.71. The predicted octanol–water partition coefficient (Wildman–Crippen LogP) is 2.76. The van der Waals surface area contributed by atoms with Crippen LogP contribution in [-0.2, 0) is 0 Å². The SMILES string of the molecule is CC.CN(C)CC1CCCC1. The van der Waals surface area contributed by atoms with Crippen molar-refractivity contribution >= 4 is 0 Å². The molecule has 1 aliphatic carbocycles. The Balaban J connectivity index is 0.000000461. The lowest BCUT2D eigenvalue weighted by Crippen LogP contribution is -2.19. The van der Waals surface area contributed by atoms with Gasteiger partial charge in [-0.15, -0.1) is 0 Å². The van der Waals surface area contributed by atoms with Gasteiger partial charge >= 0.3 is 0 Å². The van der Waals surface area contributed by atoms with Gasteiger partial charge in [0.05, 0.1) is 0 Å². The summed E-state index contributed by atoms with van der Waals surface area (Å²) in [4.78, 5) is 2.30. The Kier molecular flexibility index (Phi) is 6.63. The summed E-state index contributed by atoms with van der Waals surface area (Å²) in [6.45, 7) is 5.31. The van der Waals surface area contributed by atoms with Gasteiger partial charge in [0.15, 0.2) is 0 Å². The van der Waals surface area contributed by atoms with Crippen LogP contribution >= 0.6 is 0 Å². The van der Waals surface area contributed by atoms with Gasteiger partial charge in [0.25, 0.3) is 0 Å². The van der Waals surface area contributed by atoms with Crippen LogP contribution in [0.15, 0.2) is 0 Å². The predicted molar refractivity (Wildman–Crippen MR) is 51.9 cm³/mol. The molecule has 1 saturated carbocycles. The topological polar surface area (TPSA) is 3.24 Å². The Morgan fingerprint density at radius 2 is 1.55 bits per heavy atom. The third-order valence-corrected chi connectivity index (χ3v) is 2.10. The van der Waals surface area contributed by atoms with Crippen molar-refractivity contribution < 1.29 is 0 Å². The Hall–Kier alpha value is -0.0400. The lowest BCUT2D eigenvalue weighted by Gasteiger charge is -2.14. The average molecular weight is 157 g/mol. The summed E-state index contributed by atoms with van der Waals surface area (Å²) in [6, 6.07) is 0. The maximum absolute atomic E-state index is 2.30. The third kappa shape index (κ3) is 5.25. The highest BCUT2D eigenvalue weighted by atomic mass is 15.1. The highest BCUT2D eigenvalue weighted by Gasteiger charge is 2.14. The van der Waals surface area contributed by atoms with Crippen molar-refractivity contribution in [2.24, 2.45) is 5.92 Å². The molecular weight excluding hydrogens is 134 g/mol.